The van der Waals surface area contributed by atoms with Crippen LogP contribution in [0.15, 0.2) is 60.3 Å². The summed E-state index contributed by atoms with van der Waals surface area (Å²) in [6.45, 7) is 0. The molecule has 0 bridgehead atoms. The topological polar surface area (TPSA) is 83.5 Å². The number of carboxylic acids is 1. The largest absolute Gasteiger partial charge is 0.478 e. The van der Waals surface area contributed by atoms with Crippen LogP contribution in [0.2, 0.25) is 0 Å². The molecule has 0 aliphatic heterocycles. The van der Waals surface area contributed by atoms with E-state index in [0.29, 0.717) is 16.8 Å². The van der Waals surface area contributed by atoms with Crippen molar-refractivity contribution in [1.29, 1.82) is 0 Å². The highest BCUT2D eigenvalue weighted by Gasteiger charge is 2.32. The van der Waals surface area contributed by atoms with E-state index in [1.807, 2.05) is 0 Å². The predicted octanol–water partition coefficient (Wildman–Crippen LogP) is 2.76. The fraction of sp³-hybridized carbons (Fsp3) is 0. The van der Waals surface area contributed by atoms with Crippen LogP contribution in [0.3, 0.4) is 0 Å². The third-order valence-corrected chi connectivity index (χ3v) is 3.42. The quantitative estimate of drug-likeness (QED) is 0.671. The molecule has 1 aliphatic carbocycles. The van der Waals surface area contributed by atoms with Gasteiger partial charge in [-0.3, -0.25) is 9.59 Å². The normalized spacial score (nSPS) is 13.0. The molecule has 0 atom stereocenters. The molecule has 0 heterocycles. The Morgan fingerprint density at radius 1 is 0.909 bits per heavy atom. The van der Waals surface area contributed by atoms with Crippen molar-refractivity contribution in [3.63, 3.8) is 0 Å². The summed E-state index contributed by atoms with van der Waals surface area (Å²) < 4.78 is 0. The molecule has 0 radical (unpaired) electrons. The number of carbonyl (C=O) groups excluding carboxylic acids is 2. The monoisotopic (exact) mass is 293 g/mol. The summed E-state index contributed by atoms with van der Waals surface area (Å²) in [5, 5.41) is 11.7. The molecule has 0 amide bonds. The molecule has 5 heteroatoms. The van der Waals surface area contributed by atoms with Crippen LogP contribution in [0.4, 0.5) is 5.69 Å². The number of Topliss-reactive ketones (excluding diaryl/α,β-unsaturated/α-hetero) is 2. The predicted molar refractivity (Wildman–Crippen MR) is 80.2 cm³/mol. The van der Waals surface area contributed by atoms with Crippen molar-refractivity contribution in [2.75, 3.05) is 5.32 Å². The Balaban J connectivity index is 1.84. The molecule has 2 aromatic carbocycles. The van der Waals surface area contributed by atoms with Crippen molar-refractivity contribution in [3.05, 3.63) is 77.0 Å². The Bertz CT molecular complexity index is 782. The van der Waals surface area contributed by atoms with E-state index in [0.717, 1.165) is 0 Å². The number of hydrogen-bond acceptors (Lipinski definition) is 4. The highest BCUT2D eigenvalue weighted by molar-refractivity contribution is 6.39. The summed E-state index contributed by atoms with van der Waals surface area (Å²) in [5.74, 6) is -1.63. The van der Waals surface area contributed by atoms with E-state index >= 15 is 0 Å². The van der Waals surface area contributed by atoms with Crippen LogP contribution in [0.5, 0.6) is 0 Å². The molecule has 0 fully saturated rings. The number of anilines is 1. The highest BCUT2D eigenvalue weighted by atomic mass is 16.4. The van der Waals surface area contributed by atoms with Gasteiger partial charge in [-0.2, -0.15) is 0 Å². The van der Waals surface area contributed by atoms with Gasteiger partial charge in [-0.1, -0.05) is 24.3 Å². The summed E-state index contributed by atoms with van der Waals surface area (Å²) in [6, 6.07) is 12.7. The average Bonchev–Trinajstić information content (AvgIpc) is 2.78. The van der Waals surface area contributed by atoms with Gasteiger partial charge in [0.2, 0.25) is 0 Å². The molecule has 0 spiro atoms. The molecule has 108 valence electrons. The maximum atomic E-state index is 12.2. The lowest BCUT2D eigenvalue weighted by Crippen LogP contribution is -2.04. The first-order valence-electron chi connectivity index (χ1n) is 6.56. The summed E-state index contributed by atoms with van der Waals surface area (Å²) in [5.41, 5.74) is 1.64. The average molecular weight is 293 g/mol. The number of fused-ring (bicyclic) bond motifs is 1. The number of aromatic carboxylic acids is 1. The van der Waals surface area contributed by atoms with Crippen LogP contribution in [-0.2, 0) is 0 Å². The van der Waals surface area contributed by atoms with E-state index in [-0.39, 0.29) is 22.7 Å². The van der Waals surface area contributed by atoms with Gasteiger partial charge in [0.15, 0.2) is 11.6 Å². The van der Waals surface area contributed by atoms with Gasteiger partial charge in [0, 0.05) is 23.0 Å². The third-order valence-electron chi connectivity index (χ3n) is 3.42. The Labute approximate surface area is 125 Å². The second-order valence-electron chi connectivity index (χ2n) is 4.79. The van der Waals surface area contributed by atoms with E-state index in [4.69, 9.17) is 5.11 Å². The number of hydrogen-bond donors (Lipinski definition) is 2. The molecular formula is C17H11NO4. The van der Waals surface area contributed by atoms with Gasteiger partial charge in [0.25, 0.3) is 0 Å². The lowest BCUT2D eigenvalue weighted by atomic mass is 10.1. The number of ketones is 2. The second-order valence-corrected chi connectivity index (χ2v) is 4.79. The molecule has 0 unspecified atom stereocenters. The molecule has 0 saturated heterocycles. The van der Waals surface area contributed by atoms with E-state index in [1.54, 1.807) is 36.4 Å². The van der Waals surface area contributed by atoms with Crippen molar-refractivity contribution in [2.45, 2.75) is 0 Å². The second kappa shape index (κ2) is 5.29. The SMILES string of the molecule is O=C(O)c1ccc(NC=C2C(=O)c3ccccc3C2=O)cc1. The van der Waals surface area contributed by atoms with Crippen LogP contribution < -0.4 is 5.32 Å². The molecule has 1 aliphatic rings. The summed E-state index contributed by atoms with van der Waals surface area (Å²) in [4.78, 5) is 35.1. The number of nitrogens with one attached hydrogen (secondary N) is 1. The number of carbonyl (C=O) groups is 3. The zero-order valence-corrected chi connectivity index (χ0v) is 11.4. The van der Waals surface area contributed by atoms with Crippen molar-refractivity contribution >= 4 is 23.2 Å². The molecule has 0 aromatic heterocycles. The molecule has 0 saturated carbocycles. The van der Waals surface area contributed by atoms with E-state index in [2.05, 4.69) is 5.32 Å². The fourth-order valence-electron chi connectivity index (χ4n) is 2.27. The maximum absolute atomic E-state index is 12.2. The van der Waals surface area contributed by atoms with E-state index in [1.165, 1.54) is 18.3 Å². The van der Waals surface area contributed by atoms with E-state index < -0.39 is 5.97 Å². The maximum Gasteiger partial charge on any atom is 0.335 e. The van der Waals surface area contributed by atoms with Crippen LogP contribution in [-0.4, -0.2) is 22.6 Å². The van der Waals surface area contributed by atoms with E-state index in [9.17, 15) is 14.4 Å². The van der Waals surface area contributed by atoms with Gasteiger partial charge in [-0.25, -0.2) is 4.79 Å². The molecule has 2 N–H and O–H groups in total. The van der Waals surface area contributed by atoms with Crippen molar-refractivity contribution in [1.82, 2.24) is 0 Å². The Hall–Kier alpha value is -3.21. The third kappa shape index (κ3) is 2.29. The van der Waals surface area contributed by atoms with Crippen molar-refractivity contribution in [3.8, 4) is 0 Å². The molecule has 22 heavy (non-hydrogen) atoms. The van der Waals surface area contributed by atoms with Crippen LogP contribution >= 0.6 is 0 Å². The van der Waals surface area contributed by atoms with Crippen LogP contribution in [0.25, 0.3) is 0 Å². The smallest absolute Gasteiger partial charge is 0.335 e. The van der Waals surface area contributed by atoms with Gasteiger partial charge in [-0.05, 0) is 24.3 Å². The number of carboxylic acid groups (broad SMARTS) is 1. The molecule has 3 rings (SSSR count). The Kier molecular flexibility index (Phi) is 3.31. The summed E-state index contributed by atoms with van der Waals surface area (Å²) in [7, 11) is 0. The number of benzene rings is 2. The van der Waals surface area contributed by atoms with Gasteiger partial charge < -0.3 is 10.4 Å². The van der Waals surface area contributed by atoms with Gasteiger partial charge in [0.1, 0.15) is 0 Å². The molecular weight excluding hydrogens is 282 g/mol. The lowest BCUT2D eigenvalue weighted by molar-refractivity contribution is 0.0696. The molecule has 5 nitrogen and oxygen atoms in total. The number of allylic oxidation sites excluding steroid dienone is 1. The van der Waals surface area contributed by atoms with Gasteiger partial charge >= 0.3 is 5.97 Å². The first-order valence-corrected chi connectivity index (χ1v) is 6.56. The van der Waals surface area contributed by atoms with Crippen molar-refractivity contribution in [2.24, 2.45) is 0 Å². The lowest BCUT2D eigenvalue weighted by Gasteiger charge is -2.02. The zero-order chi connectivity index (χ0) is 15.7. The minimum Gasteiger partial charge on any atom is -0.478 e. The fourth-order valence-corrected chi connectivity index (χ4v) is 2.27. The Morgan fingerprint density at radius 2 is 1.45 bits per heavy atom. The molecule has 2 aromatic rings. The standard InChI is InChI=1S/C17H11NO4/c19-15-12-3-1-2-4-13(12)16(20)14(15)9-18-11-7-5-10(6-8-11)17(21)22/h1-9,18H,(H,21,22). The summed E-state index contributed by atoms with van der Waals surface area (Å²) >= 11 is 0. The first-order chi connectivity index (χ1) is 10.6. The Morgan fingerprint density at radius 3 is 1.95 bits per heavy atom. The summed E-state index contributed by atoms with van der Waals surface area (Å²) in [6.07, 6.45) is 1.36. The van der Waals surface area contributed by atoms with Gasteiger partial charge in [-0.15, -0.1) is 0 Å². The number of rotatable bonds is 3. The van der Waals surface area contributed by atoms with Gasteiger partial charge in [0.05, 0.1) is 11.1 Å². The first kappa shape index (κ1) is 13.8. The minimum absolute atomic E-state index is 0.0727. The van der Waals surface area contributed by atoms with Crippen molar-refractivity contribution < 1.29 is 19.5 Å². The van der Waals surface area contributed by atoms with Crippen LogP contribution in [0, 0.1) is 0 Å². The minimum atomic E-state index is -1.01. The van der Waals surface area contributed by atoms with Crippen LogP contribution in [0.1, 0.15) is 31.1 Å². The highest BCUT2D eigenvalue weighted by Crippen LogP contribution is 2.26. The zero-order valence-electron chi connectivity index (χ0n) is 11.4.